The van der Waals surface area contributed by atoms with Gasteiger partial charge in [0.25, 0.3) is 0 Å². The third kappa shape index (κ3) is 6.21. The van der Waals surface area contributed by atoms with Crippen LogP contribution in [-0.4, -0.2) is 16.7 Å². The fourth-order valence-corrected chi connectivity index (χ4v) is 1.46. The lowest BCUT2D eigenvalue weighted by Gasteiger charge is -1.96. The Hall–Kier alpha value is -1.33. The third-order valence-electron chi connectivity index (χ3n) is 2.35. The number of rotatable bonds is 6. The molecular formula is C14H19NO. The van der Waals surface area contributed by atoms with E-state index < -0.39 is 0 Å². The minimum atomic E-state index is 0.320. The number of aliphatic hydroxyl groups excluding tert-OH is 1. The van der Waals surface area contributed by atoms with Crippen LogP contribution in [0.25, 0.3) is 0 Å². The Morgan fingerprint density at radius 3 is 2.69 bits per heavy atom. The number of nitrogens with zero attached hydrogens (tertiary/aromatic N) is 1. The van der Waals surface area contributed by atoms with Crippen LogP contribution in [0.5, 0.6) is 0 Å². The summed E-state index contributed by atoms with van der Waals surface area (Å²) in [5.41, 5.74) is 0.989. The summed E-state index contributed by atoms with van der Waals surface area (Å²) in [5.74, 6) is 6.25. The van der Waals surface area contributed by atoms with Gasteiger partial charge in [-0.2, -0.15) is 0 Å². The number of aromatic nitrogens is 1. The monoisotopic (exact) mass is 217 g/mol. The molecule has 16 heavy (non-hydrogen) atoms. The molecule has 0 unspecified atom stereocenters. The van der Waals surface area contributed by atoms with Crippen LogP contribution in [0.15, 0.2) is 24.5 Å². The van der Waals surface area contributed by atoms with Crippen LogP contribution in [0.4, 0.5) is 0 Å². The maximum absolute atomic E-state index is 8.60. The molecule has 0 spiro atoms. The highest BCUT2D eigenvalue weighted by Gasteiger charge is 1.88. The fourth-order valence-electron chi connectivity index (χ4n) is 1.46. The summed E-state index contributed by atoms with van der Waals surface area (Å²) in [6.45, 7) is 0.320. The van der Waals surface area contributed by atoms with Crippen LogP contribution >= 0.6 is 0 Å². The average Bonchev–Trinajstić information content (AvgIpc) is 2.34. The number of unbranched alkanes of at least 4 members (excludes halogenated alkanes) is 5. The first-order valence-corrected chi connectivity index (χ1v) is 5.93. The van der Waals surface area contributed by atoms with Crippen molar-refractivity contribution in [3.63, 3.8) is 0 Å². The summed E-state index contributed by atoms with van der Waals surface area (Å²) in [5, 5.41) is 8.60. The summed E-state index contributed by atoms with van der Waals surface area (Å²) in [4.78, 5) is 4.01. The molecule has 86 valence electrons. The molecule has 0 aliphatic carbocycles. The van der Waals surface area contributed by atoms with Gasteiger partial charge in [0.15, 0.2) is 0 Å². The van der Waals surface area contributed by atoms with E-state index in [4.69, 9.17) is 5.11 Å². The molecule has 0 radical (unpaired) electrons. The van der Waals surface area contributed by atoms with Gasteiger partial charge < -0.3 is 5.11 Å². The van der Waals surface area contributed by atoms with E-state index in [1.807, 2.05) is 12.1 Å². The molecule has 0 aromatic carbocycles. The summed E-state index contributed by atoms with van der Waals surface area (Å²) in [7, 11) is 0. The Morgan fingerprint density at radius 1 is 1.12 bits per heavy atom. The third-order valence-corrected chi connectivity index (χ3v) is 2.35. The SMILES string of the molecule is OCCCCCCCC#Cc1cccnc1. The molecular weight excluding hydrogens is 198 g/mol. The van der Waals surface area contributed by atoms with E-state index in [9.17, 15) is 0 Å². The molecule has 0 saturated heterocycles. The van der Waals surface area contributed by atoms with Gasteiger partial charge in [0.2, 0.25) is 0 Å². The van der Waals surface area contributed by atoms with Crippen molar-refractivity contribution in [2.24, 2.45) is 0 Å². The summed E-state index contributed by atoms with van der Waals surface area (Å²) in [6.07, 6.45) is 10.1. The van der Waals surface area contributed by atoms with Crippen molar-refractivity contribution in [3.8, 4) is 11.8 Å². The highest BCUT2D eigenvalue weighted by molar-refractivity contribution is 5.30. The van der Waals surface area contributed by atoms with Gasteiger partial charge in [-0.15, -0.1) is 0 Å². The van der Waals surface area contributed by atoms with E-state index >= 15 is 0 Å². The molecule has 1 aromatic heterocycles. The normalized spacial score (nSPS) is 9.56. The van der Waals surface area contributed by atoms with Crippen molar-refractivity contribution >= 4 is 0 Å². The van der Waals surface area contributed by atoms with Crippen molar-refractivity contribution < 1.29 is 5.11 Å². The molecule has 2 nitrogen and oxygen atoms in total. The second-order valence-electron chi connectivity index (χ2n) is 3.78. The quantitative estimate of drug-likeness (QED) is 0.587. The standard InChI is InChI=1S/C14H19NO/c16-12-7-5-3-1-2-4-6-9-14-10-8-11-15-13-14/h8,10-11,13,16H,1-5,7,12H2. The molecule has 2 heteroatoms. The summed E-state index contributed by atoms with van der Waals surface area (Å²) in [6, 6.07) is 3.88. The van der Waals surface area contributed by atoms with E-state index in [0.717, 1.165) is 31.2 Å². The first kappa shape index (κ1) is 12.7. The maximum Gasteiger partial charge on any atom is 0.0431 e. The van der Waals surface area contributed by atoms with Gasteiger partial charge in [-0.3, -0.25) is 4.98 Å². The van der Waals surface area contributed by atoms with Gasteiger partial charge in [-0.1, -0.05) is 31.1 Å². The van der Waals surface area contributed by atoms with Crippen LogP contribution < -0.4 is 0 Å². The van der Waals surface area contributed by atoms with Crippen molar-refractivity contribution in [1.29, 1.82) is 0 Å². The molecule has 1 N–H and O–H groups in total. The Morgan fingerprint density at radius 2 is 1.94 bits per heavy atom. The molecule has 0 fully saturated rings. The van der Waals surface area contributed by atoms with Crippen LogP contribution in [0.2, 0.25) is 0 Å². The van der Waals surface area contributed by atoms with Gasteiger partial charge in [-0.25, -0.2) is 0 Å². The number of hydrogen-bond acceptors (Lipinski definition) is 2. The van der Waals surface area contributed by atoms with Crippen LogP contribution in [-0.2, 0) is 0 Å². The first-order chi connectivity index (χ1) is 7.93. The highest BCUT2D eigenvalue weighted by atomic mass is 16.2. The van der Waals surface area contributed by atoms with Crippen LogP contribution in [0, 0.1) is 11.8 Å². The van der Waals surface area contributed by atoms with Crippen molar-refractivity contribution in [2.45, 2.75) is 38.5 Å². The lowest BCUT2D eigenvalue weighted by Crippen LogP contribution is -1.83. The molecule has 0 aliphatic heterocycles. The molecule has 0 atom stereocenters. The largest absolute Gasteiger partial charge is 0.396 e. The maximum atomic E-state index is 8.60. The second kappa shape index (κ2) is 8.94. The van der Waals surface area contributed by atoms with Gasteiger partial charge >= 0.3 is 0 Å². The lowest BCUT2D eigenvalue weighted by molar-refractivity contribution is 0.282. The van der Waals surface area contributed by atoms with Gasteiger partial charge in [0, 0.05) is 31.0 Å². The average molecular weight is 217 g/mol. The van der Waals surface area contributed by atoms with Crippen molar-refractivity contribution in [1.82, 2.24) is 4.98 Å². The first-order valence-electron chi connectivity index (χ1n) is 5.93. The zero-order chi connectivity index (χ0) is 11.5. The lowest BCUT2D eigenvalue weighted by atomic mass is 10.1. The minimum absolute atomic E-state index is 0.320. The van der Waals surface area contributed by atoms with Crippen molar-refractivity contribution in [2.75, 3.05) is 6.61 Å². The smallest absolute Gasteiger partial charge is 0.0431 e. The van der Waals surface area contributed by atoms with Crippen molar-refractivity contribution in [3.05, 3.63) is 30.1 Å². The van der Waals surface area contributed by atoms with E-state index in [0.29, 0.717) is 6.61 Å². The molecule has 0 aliphatic rings. The molecule has 0 saturated carbocycles. The Balaban J connectivity index is 2.05. The van der Waals surface area contributed by atoms with E-state index in [1.165, 1.54) is 12.8 Å². The van der Waals surface area contributed by atoms with Gasteiger partial charge in [0.05, 0.1) is 0 Å². The minimum Gasteiger partial charge on any atom is -0.396 e. The van der Waals surface area contributed by atoms with E-state index in [2.05, 4.69) is 16.8 Å². The molecule has 1 heterocycles. The molecule has 0 amide bonds. The number of hydrogen-bond donors (Lipinski definition) is 1. The highest BCUT2D eigenvalue weighted by Crippen LogP contribution is 2.04. The second-order valence-corrected chi connectivity index (χ2v) is 3.78. The van der Waals surface area contributed by atoms with Crippen LogP contribution in [0.1, 0.15) is 44.1 Å². The zero-order valence-electron chi connectivity index (χ0n) is 9.65. The Labute approximate surface area is 97.7 Å². The summed E-state index contributed by atoms with van der Waals surface area (Å²) >= 11 is 0. The van der Waals surface area contributed by atoms with Crippen LogP contribution in [0.3, 0.4) is 0 Å². The predicted octanol–water partition coefficient (Wildman–Crippen LogP) is 2.77. The predicted molar refractivity (Wildman–Crippen MR) is 65.9 cm³/mol. The Kier molecular flexibility index (Phi) is 7.11. The van der Waals surface area contributed by atoms with Gasteiger partial charge in [0.1, 0.15) is 0 Å². The Bertz CT molecular complexity index is 324. The topological polar surface area (TPSA) is 33.1 Å². The molecule has 0 bridgehead atoms. The molecule has 1 aromatic rings. The van der Waals surface area contributed by atoms with E-state index in [-0.39, 0.29) is 0 Å². The molecule has 1 rings (SSSR count). The number of pyridine rings is 1. The zero-order valence-corrected chi connectivity index (χ0v) is 9.65. The van der Waals surface area contributed by atoms with E-state index in [1.54, 1.807) is 12.4 Å². The summed E-state index contributed by atoms with van der Waals surface area (Å²) < 4.78 is 0. The van der Waals surface area contributed by atoms with Gasteiger partial charge in [-0.05, 0) is 25.0 Å². The fraction of sp³-hybridized carbons (Fsp3) is 0.500. The number of aliphatic hydroxyl groups is 1.